The minimum absolute atomic E-state index is 0.648. The summed E-state index contributed by atoms with van der Waals surface area (Å²) in [5.74, 6) is 1.40. The first kappa shape index (κ1) is 4.15. The second-order valence-corrected chi connectivity index (χ2v) is 1.94. The minimum atomic E-state index is 0.648. The molecule has 1 aromatic rings. The lowest BCUT2D eigenvalue weighted by atomic mass is 10.5. The molecule has 0 atom stereocenters. The van der Waals surface area contributed by atoms with Crippen LogP contribution in [0, 0.1) is 0 Å². The number of pyridine rings is 1. The van der Waals surface area contributed by atoms with E-state index in [2.05, 4.69) is 4.98 Å². The Bertz CT molecular complexity index is 236. The molecule has 40 valence electrons. The van der Waals surface area contributed by atoms with E-state index in [1.807, 2.05) is 0 Å². The van der Waals surface area contributed by atoms with Crippen LogP contribution in [0.5, 0.6) is 11.6 Å². The molecule has 0 aliphatic carbocycles. The summed E-state index contributed by atoms with van der Waals surface area (Å²) in [4.78, 5) is 3.83. The third-order valence-electron chi connectivity index (χ3n) is 0.981. The van der Waals surface area contributed by atoms with Crippen molar-refractivity contribution in [2.75, 3.05) is 0 Å². The zero-order valence-electron chi connectivity index (χ0n) is 3.89. The highest BCUT2D eigenvalue weighted by atomic mass is 35.5. The lowest BCUT2D eigenvalue weighted by molar-refractivity contribution is 0.635. The van der Waals surface area contributed by atoms with Gasteiger partial charge in [-0.2, -0.15) is 0 Å². The number of rotatable bonds is 0. The Hall–Kier alpha value is -0.760. The highest BCUT2D eigenvalue weighted by Crippen LogP contribution is 2.47. The fraction of sp³-hybridized carbons (Fsp3) is 0. The maximum Gasteiger partial charge on any atom is 0.265 e. The molecule has 0 amide bonds. The molecule has 8 heavy (non-hydrogen) atoms. The predicted octanol–water partition coefficient (Wildman–Crippen LogP) is 1.84. The van der Waals surface area contributed by atoms with Crippen LogP contribution in [0.2, 0.25) is 5.02 Å². The van der Waals surface area contributed by atoms with Crippen molar-refractivity contribution in [1.29, 1.82) is 0 Å². The zero-order chi connectivity index (χ0) is 5.56. The molecule has 0 saturated heterocycles. The molecule has 0 spiro atoms. The van der Waals surface area contributed by atoms with Crippen LogP contribution in [0.3, 0.4) is 0 Å². The fourth-order valence-electron chi connectivity index (χ4n) is 0.553. The van der Waals surface area contributed by atoms with Crippen LogP contribution in [-0.4, -0.2) is 4.98 Å². The van der Waals surface area contributed by atoms with Gasteiger partial charge < -0.3 is 4.74 Å². The molecule has 1 aliphatic heterocycles. The van der Waals surface area contributed by atoms with Crippen LogP contribution in [0.25, 0.3) is 0 Å². The monoisotopic (exact) mass is 127 g/mol. The van der Waals surface area contributed by atoms with E-state index in [0.29, 0.717) is 10.9 Å². The van der Waals surface area contributed by atoms with Crippen LogP contribution in [-0.2, 0) is 0 Å². The topological polar surface area (TPSA) is 25.4 Å². The molecular formula is C5H2ClNO. The molecule has 2 nitrogen and oxygen atoms in total. The summed E-state index contributed by atoms with van der Waals surface area (Å²) in [6, 6.07) is 1.70. The van der Waals surface area contributed by atoms with Crippen LogP contribution in [0.15, 0.2) is 12.3 Å². The lowest BCUT2D eigenvalue weighted by Gasteiger charge is -1.73. The molecular weight excluding hydrogens is 126 g/mol. The normalized spacial score (nSPS) is 12.1. The number of hydrogen-bond donors (Lipinski definition) is 0. The number of aromatic nitrogens is 1. The van der Waals surface area contributed by atoms with Crippen molar-refractivity contribution >= 4 is 11.6 Å². The van der Waals surface area contributed by atoms with E-state index in [4.69, 9.17) is 16.3 Å². The van der Waals surface area contributed by atoms with Gasteiger partial charge in [0.15, 0.2) is 0 Å². The summed E-state index contributed by atoms with van der Waals surface area (Å²) >= 11 is 5.60. The first-order valence-electron chi connectivity index (χ1n) is 2.20. The smallest absolute Gasteiger partial charge is 0.265 e. The Kier molecular flexibility index (Phi) is 0.594. The Morgan fingerprint density at radius 2 is 2.50 bits per heavy atom. The van der Waals surface area contributed by atoms with Crippen molar-refractivity contribution < 1.29 is 4.74 Å². The molecule has 1 aromatic heterocycles. The van der Waals surface area contributed by atoms with Gasteiger partial charge in [0.2, 0.25) is 5.75 Å². The van der Waals surface area contributed by atoms with Gasteiger partial charge in [0.25, 0.3) is 5.88 Å². The van der Waals surface area contributed by atoms with Gasteiger partial charge in [-0.1, -0.05) is 11.6 Å². The maximum absolute atomic E-state index is 5.60. The molecule has 0 saturated carbocycles. The van der Waals surface area contributed by atoms with Gasteiger partial charge in [0.1, 0.15) is 0 Å². The van der Waals surface area contributed by atoms with E-state index in [9.17, 15) is 0 Å². The summed E-state index contributed by atoms with van der Waals surface area (Å²) in [5.41, 5.74) is 0. The average Bonchev–Trinajstić information content (AvgIpc) is 2.45. The summed E-state index contributed by atoms with van der Waals surface area (Å²) in [5, 5.41) is 0.648. The van der Waals surface area contributed by atoms with Crippen LogP contribution < -0.4 is 4.74 Å². The van der Waals surface area contributed by atoms with Crippen molar-refractivity contribution in [3.8, 4) is 11.6 Å². The molecule has 0 unspecified atom stereocenters. The van der Waals surface area contributed by atoms with E-state index in [1.165, 1.54) is 0 Å². The van der Waals surface area contributed by atoms with Crippen molar-refractivity contribution in [2.24, 2.45) is 0 Å². The van der Waals surface area contributed by atoms with Crippen LogP contribution in [0.4, 0.5) is 0 Å². The van der Waals surface area contributed by atoms with Gasteiger partial charge in [-0.3, -0.25) is 0 Å². The molecule has 0 N–H and O–H groups in total. The van der Waals surface area contributed by atoms with Gasteiger partial charge in [-0.05, 0) is 6.07 Å². The molecule has 2 heterocycles. The average molecular weight is 128 g/mol. The second kappa shape index (κ2) is 1.14. The third kappa shape index (κ3) is 0.406. The quantitative estimate of drug-likeness (QED) is 0.505. The van der Waals surface area contributed by atoms with Gasteiger partial charge in [-0.25, -0.2) is 4.98 Å². The fourth-order valence-corrected chi connectivity index (χ4v) is 0.729. The molecule has 3 heteroatoms. The van der Waals surface area contributed by atoms with Crippen molar-refractivity contribution in [1.82, 2.24) is 4.98 Å². The number of ether oxygens (including phenoxy) is 1. The van der Waals surface area contributed by atoms with Crippen molar-refractivity contribution in [3.05, 3.63) is 17.3 Å². The molecule has 0 bridgehead atoms. The lowest BCUT2D eigenvalue weighted by Crippen LogP contribution is -1.55. The second-order valence-electron chi connectivity index (χ2n) is 1.53. The Morgan fingerprint density at radius 1 is 1.62 bits per heavy atom. The zero-order valence-corrected chi connectivity index (χ0v) is 4.64. The number of hydrogen-bond acceptors (Lipinski definition) is 2. The maximum atomic E-state index is 5.60. The molecule has 0 aromatic carbocycles. The minimum Gasteiger partial charge on any atom is -0.428 e. The molecule has 2 rings (SSSR count). The summed E-state index contributed by atoms with van der Waals surface area (Å²) in [7, 11) is 0. The first-order valence-corrected chi connectivity index (χ1v) is 2.58. The summed E-state index contributed by atoms with van der Waals surface area (Å²) in [6.45, 7) is 0. The van der Waals surface area contributed by atoms with Gasteiger partial charge >= 0.3 is 0 Å². The van der Waals surface area contributed by atoms with Gasteiger partial charge in [0, 0.05) is 6.20 Å². The SMILES string of the molecule is Clc1ccnc2c1O2. The van der Waals surface area contributed by atoms with Crippen LogP contribution in [0.1, 0.15) is 0 Å². The highest BCUT2D eigenvalue weighted by Gasteiger charge is 2.24. The van der Waals surface area contributed by atoms with E-state index >= 15 is 0 Å². The van der Waals surface area contributed by atoms with Crippen molar-refractivity contribution in [3.63, 3.8) is 0 Å². The third-order valence-corrected chi connectivity index (χ3v) is 1.28. The highest BCUT2D eigenvalue weighted by molar-refractivity contribution is 6.32. The summed E-state index contributed by atoms with van der Waals surface area (Å²) in [6.07, 6.45) is 1.62. The number of nitrogens with zero attached hydrogens (tertiary/aromatic N) is 1. The number of halogens is 1. The van der Waals surface area contributed by atoms with E-state index in [-0.39, 0.29) is 0 Å². The van der Waals surface area contributed by atoms with E-state index in [0.717, 1.165) is 5.75 Å². The molecule has 0 fully saturated rings. The Morgan fingerprint density at radius 3 is 3.12 bits per heavy atom. The van der Waals surface area contributed by atoms with E-state index in [1.54, 1.807) is 12.3 Å². The van der Waals surface area contributed by atoms with Gasteiger partial charge in [-0.15, -0.1) is 0 Å². The Balaban J connectivity index is 2.70. The number of fused-ring (bicyclic) bond motifs is 1. The molecule has 0 radical (unpaired) electrons. The Labute approximate surface area is 51.1 Å². The summed E-state index contributed by atoms with van der Waals surface area (Å²) < 4.78 is 4.83. The molecule has 1 aliphatic rings. The largest absolute Gasteiger partial charge is 0.428 e. The van der Waals surface area contributed by atoms with E-state index < -0.39 is 0 Å². The predicted molar refractivity (Wildman–Crippen MR) is 29.3 cm³/mol. The van der Waals surface area contributed by atoms with Crippen molar-refractivity contribution in [2.45, 2.75) is 0 Å². The van der Waals surface area contributed by atoms with Crippen LogP contribution >= 0.6 is 11.6 Å². The van der Waals surface area contributed by atoms with Gasteiger partial charge in [0.05, 0.1) is 5.02 Å². The standard InChI is InChI=1S/C5H2ClNO/c6-3-1-2-7-5-4(3)8-5/h1-2H. The first-order chi connectivity index (χ1) is 3.88.